The van der Waals surface area contributed by atoms with Crippen molar-refractivity contribution in [3.63, 3.8) is 0 Å². The van der Waals surface area contributed by atoms with Crippen molar-refractivity contribution in [2.75, 3.05) is 36.9 Å². The van der Waals surface area contributed by atoms with Gasteiger partial charge in [-0.1, -0.05) is 39.0 Å². The van der Waals surface area contributed by atoms with Crippen molar-refractivity contribution in [3.8, 4) is 11.3 Å². The Balaban J connectivity index is 1.45. The average molecular weight is 554 g/mol. The highest BCUT2D eigenvalue weighted by atomic mass is 28.4. The average Bonchev–Trinajstić information content (AvgIpc) is 3.44. The van der Waals surface area contributed by atoms with Crippen molar-refractivity contribution in [1.82, 2.24) is 15.0 Å². The van der Waals surface area contributed by atoms with Crippen molar-refractivity contribution in [3.05, 3.63) is 42.2 Å². The first kappa shape index (κ1) is 29.6. The highest BCUT2D eigenvalue weighted by molar-refractivity contribution is 6.74. The molecule has 0 aromatic carbocycles. The second-order valence-electron chi connectivity index (χ2n) is 12.0. The van der Waals surface area contributed by atoms with E-state index in [1.54, 1.807) is 0 Å². The topological polar surface area (TPSA) is 90.4 Å². The van der Waals surface area contributed by atoms with Crippen LogP contribution in [0.1, 0.15) is 77.6 Å². The van der Waals surface area contributed by atoms with Gasteiger partial charge in [-0.25, -0.2) is 4.98 Å². The van der Waals surface area contributed by atoms with Gasteiger partial charge in [-0.05, 0) is 69.1 Å². The number of fused-ring (bicyclic) bond motifs is 2. The zero-order valence-electron chi connectivity index (χ0n) is 24.5. The Kier molecular flexibility index (Phi) is 10.5. The van der Waals surface area contributed by atoms with E-state index in [1.165, 1.54) is 6.42 Å². The SMILES string of the molecule is CC(C)(C)[Si](C)(C)OC1CCCC=CCCNc2ncc(-c3ccc(C4OCCO4)cn3)c(n2)NCCCC1. The van der Waals surface area contributed by atoms with E-state index in [9.17, 15) is 0 Å². The molecule has 1 fully saturated rings. The molecule has 1 unspecified atom stereocenters. The first-order valence-corrected chi connectivity index (χ1v) is 17.5. The summed E-state index contributed by atoms with van der Waals surface area (Å²) in [4.78, 5) is 14.1. The van der Waals surface area contributed by atoms with Crippen molar-refractivity contribution >= 4 is 20.1 Å². The molecule has 1 atom stereocenters. The van der Waals surface area contributed by atoms with E-state index in [2.05, 4.69) is 66.6 Å². The number of nitrogens with one attached hydrogen (secondary N) is 2. The molecule has 2 aliphatic heterocycles. The fourth-order valence-corrected chi connectivity index (χ4v) is 5.99. The zero-order chi connectivity index (χ0) is 27.7. The molecular formula is C30H47N5O3Si. The predicted molar refractivity (Wildman–Crippen MR) is 160 cm³/mol. The van der Waals surface area contributed by atoms with Crippen LogP contribution in [-0.2, 0) is 13.9 Å². The molecule has 0 spiro atoms. The molecule has 1 saturated heterocycles. The first-order chi connectivity index (χ1) is 18.7. The maximum absolute atomic E-state index is 6.86. The van der Waals surface area contributed by atoms with E-state index in [0.29, 0.717) is 25.3 Å². The van der Waals surface area contributed by atoms with E-state index < -0.39 is 8.32 Å². The van der Waals surface area contributed by atoms with Gasteiger partial charge in [0.2, 0.25) is 5.95 Å². The molecule has 9 heteroatoms. The summed E-state index contributed by atoms with van der Waals surface area (Å²) in [6.07, 6.45) is 15.8. The fraction of sp³-hybridized carbons (Fsp3) is 0.633. The smallest absolute Gasteiger partial charge is 0.224 e. The second kappa shape index (κ2) is 13.8. The third-order valence-electron chi connectivity index (χ3n) is 7.92. The molecule has 0 aliphatic carbocycles. The highest BCUT2D eigenvalue weighted by Gasteiger charge is 2.38. The van der Waals surface area contributed by atoms with Gasteiger partial charge in [0, 0.05) is 37.2 Å². The zero-order valence-corrected chi connectivity index (χ0v) is 25.5. The third-order valence-corrected chi connectivity index (χ3v) is 12.5. The lowest BCUT2D eigenvalue weighted by atomic mass is 10.1. The number of allylic oxidation sites excluding steroid dienone is 1. The van der Waals surface area contributed by atoms with Crippen molar-refractivity contribution < 1.29 is 13.9 Å². The van der Waals surface area contributed by atoms with Gasteiger partial charge in [0.15, 0.2) is 14.6 Å². The number of anilines is 2. The van der Waals surface area contributed by atoms with Crippen LogP contribution in [0.5, 0.6) is 0 Å². The molecule has 0 amide bonds. The molecule has 2 bridgehead atoms. The Morgan fingerprint density at radius 3 is 2.41 bits per heavy atom. The highest BCUT2D eigenvalue weighted by Crippen LogP contribution is 2.38. The molecule has 8 nitrogen and oxygen atoms in total. The minimum absolute atomic E-state index is 0.222. The van der Waals surface area contributed by atoms with Crippen LogP contribution in [-0.4, -0.2) is 55.7 Å². The number of hydrogen-bond acceptors (Lipinski definition) is 8. The maximum atomic E-state index is 6.86. The van der Waals surface area contributed by atoms with Gasteiger partial charge >= 0.3 is 0 Å². The number of aromatic nitrogens is 3. The van der Waals surface area contributed by atoms with Crippen LogP contribution in [0.25, 0.3) is 11.3 Å². The first-order valence-electron chi connectivity index (χ1n) is 14.6. The van der Waals surface area contributed by atoms with E-state index >= 15 is 0 Å². The lowest BCUT2D eigenvalue weighted by Crippen LogP contribution is -2.44. The van der Waals surface area contributed by atoms with E-state index in [-0.39, 0.29) is 11.3 Å². The van der Waals surface area contributed by atoms with Gasteiger partial charge in [-0.2, -0.15) is 4.98 Å². The van der Waals surface area contributed by atoms with Crippen molar-refractivity contribution in [2.24, 2.45) is 0 Å². The monoisotopic (exact) mass is 553 g/mol. The molecule has 4 heterocycles. The number of ether oxygens (including phenoxy) is 2. The predicted octanol–water partition coefficient (Wildman–Crippen LogP) is 7.10. The third kappa shape index (κ3) is 8.57. The Morgan fingerprint density at radius 2 is 1.67 bits per heavy atom. The lowest BCUT2D eigenvalue weighted by Gasteiger charge is -2.39. The number of nitrogens with zero attached hydrogens (tertiary/aromatic N) is 3. The van der Waals surface area contributed by atoms with E-state index in [1.807, 2.05) is 24.5 Å². The molecule has 2 N–H and O–H groups in total. The number of hydrogen-bond donors (Lipinski definition) is 2. The van der Waals surface area contributed by atoms with Crippen molar-refractivity contribution in [2.45, 2.75) is 96.2 Å². The van der Waals surface area contributed by atoms with Gasteiger partial charge < -0.3 is 24.5 Å². The largest absolute Gasteiger partial charge is 0.414 e. The minimum Gasteiger partial charge on any atom is -0.414 e. The molecule has 2 aromatic rings. The molecule has 4 rings (SSSR count). The van der Waals surface area contributed by atoms with Crippen LogP contribution < -0.4 is 10.6 Å². The molecule has 214 valence electrons. The molecule has 2 aliphatic rings. The fourth-order valence-electron chi connectivity index (χ4n) is 4.57. The second-order valence-corrected chi connectivity index (χ2v) is 16.8. The van der Waals surface area contributed by atoms with Crippen LogP contribution in [0.15, 0.2) is 36.7 Å². The summed E-state index contributed by atoms with van der Waals surface area (Å²) in [7, 11) is -1.80. The van der Waals surface area contributed by atoms with Crippen LogP contribution in [0.3, 0.4) is 0 Å². The Hall–Kier alpha value is -2.33. The summed E-state index contributed by atoms with van der Waals surface area (Å²) in [5.41, 5.74) is 2.63. The lowest BCUT2D eigenvalue weighted by molar-refractivity contribution is -0.0443. The summed E-state index contributed by atoms with van der Waals surface area (Å²) < 4.78 is 18.1. The van der Waals surface area contributed by atoms with E-state index in [0.717, 1.165) is 74.3 Å². The summed E-state index contributed by atoms with van der Waals surface area (Å²) in [5, 5.41) is 7.17. The number of rotatable bonds is 4. The molecule has 2 aromatic heterocycles. The van der Waals surface area contributed by atoms with Crippen molar-refractivity contribution in [1.29, 1.82) is 0 Å². The van der Waals surface area contributed by atoms with E-state index in [4.69, 9.17) is 18.9 Å². The van der Waals surface area contributed by atoms with Gasteiger partial charge in [0.1, 0.15) is 5.82 Å². The van der Waals surface area contributed by atoms with Gasteiger partial charge in [-0.15, -0.1) is 0 Å². The van der Waals surface area contributed by atoms with Gasteiger partial charge in [0.25, 0.3) is 0 Å². The Bertz CT molecular complexity index is 1070. The normalized spacial score (nSPS) is 20.7. The standard InChI is InChI=1S/C30H47N5O3Si/c1-30(2,3)39(4,5)38-24-13-9-7-6-8-11-18-32-29-34-22-25(27(35-29)31-17-12-10-14-24)26-16-15-23(21-33-26)28-36-19-20-37-28/h6,8,15-16,21-22,24,28H,7,9-14,17-20H2,1-5H3,(H2,31,32,34,35). The maximum Gasteiger partial charge on any atom is 0.224 e. The molecule has 39 heavy (non-hydrogen) atoms. The van der Waals surface area contributed by atoms with Gasteiger partial charge in [0.05, 0.1) is 24.5 Å². The summed E-state index contributed by atoms with van der Waals surface area (Å²) in [6.45, 7) is 14.6. The molecule has 0 radical (unpaired) electrons. The summed E-state index contributed by atoms with van der Waals surface area (Å²) in [6, 6.07) is 3.99. The Morgan fingerprint density at radius 1 is 0.897 bits per heavy atom. The molecular weight excluding hydrogens is 506 g/mol. The van der Waals surface area contributed by atoms with Crippen LogP contribution in [0.4, 0.5) is 11.8 Å². The minimum atomic E-state index is -1.80. The van der Waals surface area contributed by atoms with Crippen LogP contribution in [0, 0.1) is 0 Å². The summed E-state index contributed by atoms with van der Waals surface area (Å²) in [5.74, 6) is 1.43. The van der Waals surface area contributed by atoms with Crippen LogP contribution in [0.2, 0.25) is 18.1 Å². The van der Waals surface area contributed by atoms with Crippen LogP contribution >= 0.6 is 0 Å². The number of pyridine rings is 1. The molecule has 0 saturated carbocycles. The quantitative estimate of drug-likeness (QED) is 0.306. The summed E-state index contributed by atoms with van der Waals surface area (Å²) >= 11 is 0. The van der Waals surface area contributed by atoms with Gasteiger partial charge in [-0.3, -0.25) is 4.98 Å². The Labute approximate surface area is 235 Å².